The standard InChI is InChI=1S/C30H31FN6O2/c1-3-36-14-16-37(17-15-36)20-21-4-13-27(32-18-21)34-29-26(31)19-33-28(35-29)24-9-5-22(6-10-24)23-7-11-25(12-8-23)30(38)39-2/h4-13,18-19H,3,14-17,20H2,1-2H3,(H,32,33,34,35). The number of pyridine rings is 1. The van der Waals surface area contributed by atoms with Gasteiger partial charge in [-0.15, -0.1) is 0 Å². The largest absolute Gasteiger partial charge is 0.465 e. The summed E-state index contributed by atoms with van der Waals surface area (Å²) in [7, 11) is 1.36. The molecule has 1 saturated heterocycles. The molecule has 39 heavy (non-hydrogen) atoms. The predicted molar refractivity (Wildman–Crippen MR) is 149 cm³/mol. The Labute approximate surface area is 227 Å². The van der Waals surface area contributed by atoms with Crippen molar-refractivity contribution in [3.63, 3.8) is 0 Å². The molecule has 3 heterocycles. The average Bonchev–Trinajstić information content (AvgIpc) is 2.99. The molecule has 9 heteroatoms. The van der Waals surface area contributed by atoms with Crippen molar-refractivity contribution in [2.45, 2.75) is 13.5 Å². The minimum absolute atomic E-state index is 0.0680. The summed E-state index contributed by atoms with van der Waals surface area (Å²) < 4.78 is 19.3. The van der Waals surface area contributed by atoms with Crippen molar-refractivity contribution in [3.05, 3.63) is 90.0 Å². The highest BCUT2D eigenvalue weighted by Crippen LogP contribution is 2.25. The zero-order chi connectivity index (χ0) is 27.2. The lowest BCUT2D eigenvalue weighted by Crippen LogP contribution is -2.45. The number of halogens is 1. The van der Waals surface area contributed by atoms with Crippen LogP contribution in [0.25, 0.3) is 22.5 Å². The van der Waals surface area contributed by atoms with Gasteiger partial charge in [0.2, 0.25) is 0 Å². The number of esters is 1. The highest BCUT2D eigenvalue weighted by molar-refractivity contribution is 5.90. The van der Waals surface area contributed by atoms with Gasteiger partial charge in [-0.05, 0) is 41.4 Å². The minimum atomic E-state index is -0.555. The summed E-state index contributed by atoms with van der Waals surface area (Å²) in [4.78, 5) is 29.6. The van der Waals surface area contributed by atoms with E-state index in [1.54, 1.807) is 12.1 Å². The molecule has 4 aromatic rings. The summed E-state index contributed by atoms with van der Waals surface area (Å²) in [6, 6.07) is 18.7. The molecule has 1 aliphatic heterocycles. The molecule has 0 unspecified atom stereocenters. The molecular formula is C30H31FN6O2. The molecule has 200 valence electrons. The number of piperazine rings is 1. The van der Waals surface area contributed by atoms with Gasteiger partial charge < -0.3 is 15.0 Å². The smallest absolute Gasteiger partial charge is 0.337 e. The Kier molecular flexibility index (Phi) is 8.19. The van der Waals surface area contributed by atoms with Gasteiger partial charge in [0, 0.05) is 44.5 Å². The number of carbonyl (C=O) groups is 1. The monoisotopic (exact) mass is 526 g/mol. The summed E-state index contributed by atoms with van der Waals surface area (Å²) in [5.41, 5.74) is 4.28. The number of methoxy groups -OCH3 is 1. The third-order valence-electron chi connectivity index (χ3n) is 6.92. The van der Waals surface area contributed by atoms with Crippen LogP contribution in [0.3, 0.4) is 0 Å². The number of ether oxygens (including phenoxy) is 1. The van der Waals surface area contributed by atoms with E-state index in [-0.39, 0.29) is 11.8 Å². The van der Waals surface area contributed by atoms with Crippen molar-refractivity contribution < 1.29 is 13.9 Å². The van der Waals surface area contributed by atoms with Crippen LogP contribution in [-0.2, 0) is 11.3 Å². The predicted octanol–water partition coefficient (Wildman–Crippen LogP) is 5.01. The van der Waals surface area contributed by atoms with Crippen molar-refractivity contribution in [2.75, 3.05) is 45.2 Å². The van der Waals surface area contributed by atoms with Crippen molar-refractivity contribution in [1.29, 1.82) is 0 Å². The third kappa shape index (κ3) is 6.45. The van der Waals surface area contributed by atoms with Crippen molar-refractivity contribution in [1.82, 2.24) is 24.8 Å². The topological polar surface area (TPSA) is 83.5 Å². The maximum absolute atomic E-state index is 14.6. The van der Waals surface area contributed by atoms with E-state index in [0.29, 0.717) is 17.2 Å². The Morgan fingerprint density at radius 2 is 1.51 bits per heavy atom. The zero-order valence-electron chi connectivity index (χ0n) is 22.1. The van der Waals surface area contributed by atoms with Gasteiger partial charge in [-0.1, -0.05) is 49.4 Å². The number of likely N-dealkylation sites (N-methyl/N-ethyl adjacent to an activating group) is 1. The van der Waals surface area contributed by atoms with E-state index in [0.717, 1.165) is 67.7 Å². The fourth-order valence-electron chi connectivity index (χ4n) is 4.56. The second-order valence-corrected chi connectivity index (χ2v) is 9.42. The van der Waals surface area contributed by atoms with Crippen LogP contribution in [0.4, 0.5) is 16.0 Å². The van der Waals surface area contributed by atoms with Crippen LogP contribution >= 0.6 is 0 Å². The third-order valence-corrected chi connectivity index (χ3v) is 6.92. The van der Waals surface area contributed by atoms with E-state index in [4.69, 9.17) is 4.74 Å². The second-order valence-electron chi connectivity index (χ2n) is 9.42. The van der Waals surface area contributed by atoms with E-state index < -0.39 is 5.82 Å². The fourth-order valence-corrected chi connectivity index (χ4v) is 4.56. The van der Waals surface area contributed by atoms with Gasteiger partial charge in [-0.25, -0.2) is 24.1 Å². The Bertz CT molecular complexity index is 1400. The molecule has 5 rings (SSSR count). The first-order chi connectivity index (χ1) is 19.0. The van der Waals surface area contributed by atoms with E-state index in [9.17, 15) is 9.18 Å². The SMILES string of the molecule is CCN1CCN(Cc2ccc(Nc3nc(-c4ccc(-c5ccc(C(=O)OC)cc5)cc4)ncc3F)nc2)CC1. The number of hydrogen-bond acceptors (Lipinski definition) is 8. The summed E-state index contributed by atoms with van der Waals surface area (Å²) >= 11 is 0. The molecule has 0 spiro atoms. The molecule has 1 fully saturated rings. The van der Waals surface area contributed by atoms with Crippen molar-refractivity contribution in [3.8, 4) is 22.5 Å². The molecule has 0 amide bonds. The first-order valence-corrected chi connectivity index (χ1v) is 13.0. The van der Waals surface area contributed by atoms with E-state index >= 15 is 0 Å². The number of hydrogen-bond donors (Lipinski definition) is 1. The van der Waals surface area contributed by atoms with Gasteiger partial charge in [-0.3, -0.25) is 4.90 Å². The number of rotatable bonds is 8. The van der Waals surface area contributed by atoms with E-state index in [1.165, 1.54) is 7.11 Å². The fraction of sp³-hybridized carbons (Fsp3) is 0.267. The molecule has 1 N–H and O–H groups in total. The Hall–Kier alpha value is -4.21. The van der Waals surface area contributed by atoms with Crippen LogP contribution in [0.5, 0.6) is 0 Å². The van der Waals surface area contributed by atoms with Crippen LogP contribution < -0.4 is 5.32 Å². The molecule has 0 saturated carbocycles. The maximum Gasteiger partial charge on any atom is 0.337 e. The number of nitrogens with zero attached hydrogens (tertiary/aromatic N) is 5. The lowest BCUT2D eigenvalue weighted by molar-refractivity contribution is 0.0600. The van der Waals surface area contributed by atoms with Gasteiger partial charge in [0.1, 0.15) is 5.82 Å². The lowest BCUT2D eigenvalue weighted by Gasteiger charge is -2.33. The summed E-state index contributed by atoms with van der Waals surface area (Å²) in [6.07, 6.45) is 2.99. The normalized spacial score (nSPS) is 14.2. The molecular weight excluding hydrogens is 495 g/mol. The summed E-state index contributed by atoms with van der Waals surface area (Å²) in [5, 5.41) is 2.99. The molecule has 0 aliphatic carbocycles. The van der Waals surface area contributed by atoms with Gasteiger partial charge in [0.25, 0.3) is 0 Å². The molecule has 1 aliphatic rings. The summed E-state index contributed by atoms with van der Waals surface area (Å²) in [6.45, 7) is 8.41. The zero-order valence-corrected chi connectivity index (χ0v) is 22.1. The van der Waals surface area contributed by atoms with Crippen LogP contribution in [0.1, 0.15) is 22.8 Å². The van der Waals surface area contributed by atoms with Crippen LogP contribution in [0, 0.1) is 5.82 Å². The molecule has 8 nitrogen and oxygen atoms in total. The maximum atomic E-state index is 14.6. The quantitative estimate of drug-likeness (QED) is 0.321. The van der Waals surface area contributed by atoms with Gasteiger partial charge in [0.15, 0.2) is 17.5 Å². The van der Waals surface area contributed by atoms with E-state index in [1.807, 2.05) is 54.7 Å². The van der Waals surface area contributed by atoms with Crippen LogP contribution in [0.15, 0.2) is 73.1 Å². The minimum Gasteiger partial charge on any atom is -0.465 e. The number of aromatic nitrogens is 3. The molecule has 0 atom stereocenters. The van der Waals surface area contributed by atoms with Crippen LogP contribution in [0.2, 0.25) is 0 Å². The Morgan fingerprint density at radius 3 is 2.13 bits per heavy atom. The number of anilines is 2. The van der Waals surface area contributed by atoms with Crippen LogP contribution in [-0.4, -0.2) is 70.6 Å². The average molecular weight is 527 g/mol. The lowest BCUT2D eigenvalue weighted by atomic mass is 10.0. The first-order valence-electron chi connectivity index (χ1n) is 13.0. The molecule has 0 radical (unpaired) electrons. The van der Waals surface area contributed by atoms with Crippen molar-refractivity contribution >= 4 is 17.6 Å². The summed E-state index contributed by atoms with van der Waals surface area (Å²) in [5.74, 6) is 0.0549. The first kappa shape index (κ1) is 26.4. The Balaban J connectivity index is 1.24. The number of carbonyl (C=O) groups excluding carboxylic acids is 1. The molecule has 0 bridgehead atoms. The van der Waals surface area contributed by atoms with E-state index in [2.05, 4.69) is 37.0 Å². The molecule has 2 aromatic carbocycles. The highest BCUT2D eigenvalue weighted by Gasteiger charge is 2.16. The second kappa shape index (κ2) is 12.1. The molecule has 2 aromatic heterocycles. The van der Waals surface area contributed by atoms with Crippen molar-refractivity contribution in [2.24, 2.45) is 0 Å². The highest BCUT2D eigenvalue weighted by atomic mass is 19.1. The number of nitrogens with one attached hydrogen (secondary N) is 1. The van der Waals surface area contributed by atoms with Gasteiger partial charge in [0.05, 0.1) is 18.9 Å². The number of benzene rings is 2. The van der Waals surface area contributed by atoms with Gasteiger partial charge in [-0.2, -0.15) is 0 Å². The van der Waals surface area contributed by atoms with Gasteiger partial charge >= 0.3 is 5.97 Å². The Morgan fingerprint density at radius 1 is 0.872 bits per heavy atom.